The third kappa shape index (κ3) is 1.71. The van der Waals surface area contributed by atoms with Gasteiger partial charge in [0.2, 0.25) is 5.91 Å². The van der Waals surface area contributed by atoms with Crippen LogP contribution >= 0.6 is 0 Å². The first kappa shape index (κ1) is 8.69. The van der Waals surface area contributed by atoms with E-state index in [1.54, 1.807) is 6.07 Å². The summed E-state index contributed by atoms with van der Waals surface area (Å²) in [5.41, 5.74) is 0.860. The van der Waals surface area contributed by atoms with Crippen molar-refractivity contribution in [2.75, 3.05) is 5.32 Å². The maximum absolute atomic E-state index is 10.7. The van der Waals surface area contributed by atoms with Crippen LogP contribution in [-0.2, 0) is 4.79 Å². The minimum atomic E-state index is -0.354. The molecule has 1 N–H and O–H groups in total. The van der Waals surface area contributed by atoms with Crippen molar-refractivity contribution in [2.24, 2.45) is 0 Å². The second-order valence-electron chi connectivity index (χ2n) is 2.94. The molecule has 14 heavy (non-hydrogen) atoms. The minimum absolute atomic E-state index is 0.354. The lowest BCUT2D eigenvalue weighted by atomic mass is 10.2. The molecule has 1 amide bonds. The number of hydrogen-bond acceptors (Lipinski definition) is 2. The Kier molecular flexibility index (Phi) is 2.14. The van der Waals surface area contributed by atoms with Crippen LogP contribution in [0.4, 0.5) is 5.82 Å². The molecule has 1 aromatic heterocycles. The van der Waals surface area contributed by atoms with Crippen molar-refractivity contribution in [1.82, 2.24) is 4.98 Å². The van der Waals surface area contributed by atoms with Crippen LogP contribution in [0.1, 0.15) is 0 Å². The highest BCUT2D eigenvalue weighted by molar-refractivity contribution is 5.94. The van der Waals surface area contributed by atoms with Gasteiger partial charge in [-0.1, -0.05) is 18.2 Å². The number of hydrogen-bond donors (Lipinski definition) is 1. The summed E-state index contributed by atoms with van der Waals surface area (Å²) >= 11 is 0. The fraction of sp³-hybridized carbons (Fsp3) is 0. The molecule has 0 bridgehead atoms. The molecule has 0 aliphatic carbocycles. The number of rotatable bonds is 1. The van der Waals surface area contributed by atoms with Crippen LogP contribution in [-0.4, -0.2) is 10.9 Å². The number of pyridine rings is 1. The van der Waals surface area contributed by atoms with E-state index in [2.05, 4.69) is 17.2 Å². The van der Waals surface area contributed by atoms with E-state index >= 15 is 0 Å². The SMILES string of the molecule is [CH2]C(=O)Nc1ccc2ccccc2n1. The van der Waals surface area contributed by atoms with Crippen molar-refractivity contribution in [3.8, 4) is 0 Å². The Hall–Kier alpha value is -1.90. The van der Waals surface area contributed by atoms with E-state index in [1.165, 1.54) is 0 Å². The van der Waals surface area contributed by atoms with Gasteiger partial charge in [-0.15, -0.1) is 0 Å². The monoisotopic (exact) mass is 185 g/mol. The van der Waals surface area contributed by atoms with Crippen molar-refractivity contribution in [3.05, 3.63) is 43.3 Å². The molecule has 0 unspecified atom stereocenters. The number of aromatic nitrogens is 1. The molecule has 1 aromatic carbocycles. The predicted molar refractivity (Wildman–Crippen MR) is 55.7 cm³/mol. The molecule has 3 nitrogen and oxygen atoms in total. The van der Waals surface area contributed by atoms with Crippen LogP contribution in [0.2, 0.25) is 0 Å². The van der Waals surface area contributed by atoms with Gasteiger partial charge in [-0.25, -0.2) is 4.98 Å². The van der Waals surface area contributed by atoms with Gasteiger partial charge in [0.1, 0.15) is 5.82 Å². The van der Waals surface area contributed by atoms with E-state index in [0.717, 1.165) is 10.9 Å². The molecule has 0 aliphatic rings. The molecule has 2 rings (SSSR count). The maximum Gasteiger partial charge on any atom is 0.226 e. The Morgan fingerprint density at radius 3 is 2.79 bits per heavy atom. The molecular formula is C11H9N2O. The number of carbonyl (C=O) groups excluding carboxylic acids is 1. The highest BCUT2D eigenvalue weighted by Gasteiger charge is 1.98. The molecule has 0 saturated carbocycles. The van der Waals surface area contributed by atoms with Gasteiger partial charge in [0.25, 0.3) is 0 Å². The average Bonchev–Trinajstić information content (AvgIpc) is 2.17. The van der Waals surface area contributed by atoms with Crippen LogP contribution in [0.3, 0.4) is 0 Å². The Balaban J connectivity index is 2.46. The molecule has 0 fully saturated rings. The summed E-state index contributed by atoms with van der Waals surface area (Å²) < 4.78 is 0. The van der Waals surface area contributed by atoms with Gasteiger partial charge in [0.15, 0.2) is 0 Å². The number of anilines is 1. The van der Waals surface area contributed by atoms with Crippen molar-refractivity contribution >= 4 is 22.6 Å². The molecular weight excluding hydrogens is 176 g/mol. The van der Waals surface area contributed by atoms with Gasteiger partial charge in [-0.3, -0.25) is 4.79 Å². The van der Waals surface area contributed by atoms with Crippen molar-refractivity contribution < 1.29 is 4.79 Å². The second-order valence-corrected chi connectivity index (χ2v) is 2.94. The van der Waals surface area contributed by atoms with E-state index in [4.69, 9.17) is 0 Å². The number of para-hydroxylation sites is 1. The van der Waals surface area contributed by atoms with E-state index < -0.39 is 0 Å². The zero-order valence-electron chi connectivity index (χ0n) is 7.53. The smallest absolute Gasteiger partial charge is 0.226 e. The first-order chi connectivity index (χ1) is 6.75. The van der Waals surface area contributed by atoms with Gasteiger partial charge in [-0.05, 0) is 18.2 Å². The molecule has 1 radical (unpaired) electrons. The highest BCUT2D eigenvalue weighted by Crippen LogP contribution is 2.14. The van der Waals surface area contributed by atoms with Crippen LogP contribution in [0.15, 0.2) is 36.4 Å². The zero-order valence-corrected chi connectivity index (χ0v) is 7.53. The molecule has 0 atom stereocenters. The van der Waals surface area contributed by atoms with E-state index in [9.17, 15) is 4.79 Å². The third-order valence-corrected chi connectivity index (χ3v) is 1.87. The number of amides is 1. The number of nitrogens with zero attached hydrogens (tertiary/aromatic N) is 1. The fourth-order valence-corrected chi connectivity index (χ4v) is 1.28. The summed E-state index contributed by atoms with van der Waals surface area (Å²) in [7, 11) is 0. The van der Waals surface area contributed by atoms with E-state index in [-0.39, 0.29) is 5.91 Å². The molecule has 2 aromatic rings. The van der Waals surface area contributed by atoms with Crippen LogP contribution < -0.4 is 5.32 Å². The Morgan fingerprint density at radius 1 is 1.21 bits per heavy atom. The Labute approximate surface area is 81.8 Å². The summed E-state index contributed by atoms with van der Waals surface area (Å²) in [5, 5.41) is 3.59. The summed E-state index contributed by atoms with van der Waals surface area (Å²) in [5.74, 6) is 0.177. The van der Waals surface area contributed by atoms with Crippen molar-refractivity contribution in [2.45, 2.75) is 0 Å². The molecule has 0 spiro atoms. The van der Waals surface area contributed by atoms with Gasteiger partial charge in [-0.2, -0.15) is 0 Å². The van der Waals surface area contributed by atoms with Crippen LogP contribution in [0.25, 0.3) is 10.9 Å². The van der Waals surface area contributed by atoms with Gasteiger partial charge in [0.05, 0.1) is 5.52 Å². The summed E-state index contributed by atoms with van der Waals surface area (Å²) in [6.07, 6.45) is 0. The Bertz CT molecular complexity index is 479. The highest BCUT2D eigenvalue weighted by atomic mass is 16.1. The number of benzene rings is 1. The molecule has 0 saturated heterocycles. The largest absolute Gasteiger partial charge is 0.311 e. The number of nitrogens with one attached hydrogen (secondary N) is 1. The van der Waals surface area contributed by atoms with Gasteiger partial charge >= 0.3 is 0 Å². The zero-order chi connectivity index (χ0) is 9.97. The summed E-state index contributed by atoms with van der Waals surface area (Å²) in [4.78, 5) is 14.9. The lowest BCUT2D eigenvalue weighted by Gasteiger charge is -2.02. The normalized spacial score (nSPS) is 10.1. The predicted octanol–water partition coefficient (Wildman–Crippen LogP) is 2.01. The van der Waals surface area contributed by atoms with Gasteiger partial charge in [0, 0.05) is 12.3 Å². The summed E-state index contributed by atoms with van der Waals surface area (Å²) in [6.45, 7) is 3.22. The topological polar surface area (TPSA) is 42.0 Å². The fourth-order valence-electron chi connectivity index (χ4n) is 1.28. The number of carbonyl (C=O) groups is 1. The third-order valence-electron chi connectivity index (χ3n) is 1.87. The molecule has 0 aliphatic heterocycles. The Morgan fingerprint density at radius 2 is 2.00 bits per heavy atom. The quantitative estimate of drug-likeness (QED) is 0.738. The maximum atomic E-state index is 10.7. The summed E-state index contributed by atoms with van der Waals surface area (Å²) in [6, 6.07) is 11.4. The average molecular weight is 185 g/mol. The lowest BCUT2D eigenvalue weighted by molar-refractivity contribution is -0.112. The van der Waals surface area contributed by atoms with Crippen molar-refractivity contribution in [1.29, 1.82) is 0 Å². The lowest BCUT2D eigenvalue weighted by Crippen LogP contribution is -2.07. The molecule has 69 valence electrons. The molecule has 3 heteroatoms. The first-order valence-electron chi connectivity index (χ1n) is 4.24. The van der Waals surface area contributed by atoms with E-state index in [1.807, 2.05) is 30.3 Å². The van der Waals surface area contributed by atoms with Crippen molar-refractivity contribution in [3.63, 3.8) is 0 Å². The van der Waals surface area contributed by atoms with Crippen LogP contribution in [0.5, 0.6) is 0 Å². The second kappa shape index (κ2) is 3.46. The standard InChI is InChI=1S/C11H9N2O/c1-8(14)12-11-7-6-9-4-2-3-5-10(9)13-11/h2-7H,1H2,(H,12,13,14). The number of fused-ring (bicyclic) bond motifs is 1. The minimum Gasteiger partial charge on any atom is -0.311 e. The first-order valence-corrected chi connectivity index (χ1v) is 4.24. The molecule has 1 heterocycles. The van der Waals surface area contributed by atoms with E-state index in [0.29, 0.717) is 5.82 Å². The van der Waals surface area contributed by atoms with Gasteiger partial charge < -0.3 is 5.32 Å². The van der Waals surface area contributed by atoms with Crippen LogP contribution in [0, 0.1) is 6.92 Å².